The van der Waals surface area contributed by atoms with Crippen molar-refractivity contribution in [2.75, 3.05) is 0 Å². The van der Waals surface area contributed by atoms with E-state index >= 15 is 0 Å². The van der Waals surface area contributed by atoms with E-state index in [1.807, 2.05) is 18.4 Å². The lowest BCUT2D eigenvalue weighted by atomic mass is 10.1. The van der Waals surface area contributed by atoms with Crippen molar-refractivity contribution >= 4 is 11.5 Å². The number of hydrogen-bond donors (Lipinski definition) is 1. The molecule has 3 nitrogen and oxygen atoms in total. The Morgan fingerprint density at radius 2 is 2.38 bits per heavy atom. The van der Waals surface area contributed by atoms with Gasteiger partial charge < -0.3 is 5.32 Å². The van der Waals surface area contributed by atoms with Gasteiger partial charge in [0.1, 0.15) is 5.82 Å². The first-order valence-electron chi connectivity index (χ1n) is 5.00. The Morgan fingerprint density at radius 3 is 3.06 bits per heavy atom. The minimum atomic E-state index is -0.207. The number of rotatable bonds is 4. The summed E-state index contributed by atoms with van der Waals surface area (Å²) >= 11 is 1.33. The van der Waals surface area contributed by atoms with Crippen LogP contribution in [0.15, 0.2) is 29.6 Å². The van der Waals surface area contributed by atoms with E-state index in [0.29, 0.717) is 6.54 Å². The third-order valence-electron chi connectivity index (χ3n) is 2.34. The first-order chi connectivity index (χ1) is 7.75. The van der Waals surface area contributed by atoms with E-state index in [1.54, 1.807) is 6.07 Å². The largest absolute Gasteiger partial charge is 0.304 e. The third-order valence-corrected chi connectivity index (χ3v) is 2.90. The highest BCUT2D eigenvalue weighted by molar-refractivity contribution is 7.03. The lowest BCUT2D eigenvalue weighted by Gasteiger charge is -2.12. The van der Waals surface area contributed by atoms with Gasteiger partial charge in [0.05, 0.1) is 5.69 Å². The van der Waals surface area contributed by atoms with Crippen LogP contribution in [-0.2, 0) is 6.54 Å². The molecule has 1 aromatic carbocycles. The monoisotopic (exact) mass is 237 g/mol. The van der Waals surface area contributed by atoms with Crippen LogP contribution in [-0.4, -0.2) is 9.59 Å². The molecule has 0 aliphatic rings. The van der Waals surface area contributed by atoms with Crippen LogP contribution >= 0.6 is 11.5 Å². The van der Waals surface area contributed by atoms with Gasteiger partial charge in [-0.25, -0.2) is 4.39 Å². The smallest absolute Gasteiger partial charge is 0.123 e. The quantitative estimate of drug-likeness (QED) is 0.888. The van der Waals surface area contributed by atoms with Crippen LogP contribution in [0.4, 0.5) is 4.39 Å². The van der Waals surface area contributed by atoms with Crippen molar-refractivity contribution in [3.63, 3.8) is 0 Å². The summed E-state index contributed by atoms with van der Waals surface area (Å²) in [4.78, 5) is 0. The zero-order chi connectivity index (χ0) is 11.4. The van der Waals surface area contributed by atoms with E-state index in [4.69, 9.17) is 0 Å². The maximum atomic E-state index is 13.0. The minimum Gasteiger partial charge on any atom is -0.304 e. The highest BCUT2D eigenvalue weighted by Crippen LogP contribution is 2.13. The summed E-state index contributed by atoms with van der Waals surface area (Å²) in [6.07, 6.45) is 0. The van der Waals surface area contributed by atoms with Crippen molar-refractivity contribution in [3.8, 4) is 0 Å². The van der Waals surface area contributed by atoms with E-state index in [1.165, 1.54) is 23.7 Å². The third kappa shape index (κ3) is 2.84. The standard InChI is InChI=1S/C11H12FN3S/c1-8(9-3-2-4-10(12)5-9)13-6-11-7-16-15-14-11/h2-5,7-8,13H,6H2,1H3/t8-/m0/s1. The van der Waals surface area contributed by atoms with E-state index in [-0.39, 0.29) is 11.9 Å². The Kier molecular flexibility index (Phi) is 3.58. The molecule has 0 fully saturated rings. The molecule has 1 atom stereocenters. The number of nitrogens with zero attached hydrogens (tertiary/aromatic N) is 2. The first kappa shape index (κ1) is 11.2. The van der Waals surface area contributed by atoms with Crippen molar-refractivity contribution in [1.29, 1.82) is 0 Å². The van der Waals surface area contributed by atoms with Gasteiger partial charge in [-0.1, -0.05) is 16.6 Å². The fraction of sp³-hybridized carbons (Fsp3) is 0.273. The maximum absolute atomic E-state index is 13.0. The summed E-state index contributed by atoms with van der Waals surface area (Å²) in [7, 11) is 0. The number of nitrogens with one attached hydrogen (secondary N) is 1. The molecule has 0 saturated carbocycles. The van der Waals surface area contributed by atoms with Crippen LogP contribution in [0, 0.1) is 5.82 Å². The molecule has 2 rings (SSSR count). The van der Waals surface area contributed by atoms with Crippen LogP contribution in [0.5, 0.6) is 0 Å². The topological polar surface area (TPSA) is 37.8 Å². The molecule has 0 aliphatic carbocycles. The fourth-order valence-corrected chi connectivity index (χ4v) is 1.86. The van der Waals surface area contributed by atoms with Crippen LogP contribution in [0.1, 0.15) is 24.2 Å². The zero-order valence-electron chi connectivity index (χ0n) is 8.85. The Labute approximate surface area is 97.5 Å². The molecule has 1 heterocycles. The molecule has 0 unspecified atom stereocenters. The van der Waals surface area contributed by atoms with Gasteiger partial charge in [0.2, 0.25) is 0 Å². The number of hydrogen-bond acceptors (Lipinski definition) is 4. The molecule has 0 radical (unpaired) electrons. The average molecular weight is 237 g/mol. The summed E-state index contributed by atoms with van der Waals surface area (Å²) < 4.78 is 16.8. The van der Waals surface area contributed by atoms with Gasteiger partial charge in [0.15, 0.2) is 0 Å². The second-order valence-corrected chi connectivity index (χ2v) is 4.16. The van der Waals surface area contributed by atoms with Crippen LogP contribution in [0.3, 0.4) is 0 Å². The average Bonchev–Trinajstić information content (AvgIpc) is 2.78. The number of aromatic nitrogens is 2. The lowest BCUT2D eigenvalue weighted by molar-refractivity contribution is 0.559. The second-order valence-electron chi connectivity index (χ2n) is 3.55. The van der Waals surface area contributed by atoms with E-state index in [9.17, 15) is 4.39 Å². The summed E-state index contributed by atoms with van der Waals surface area (Å²) in [6, 6.07) is 6.70. The molecule has 0 amide bonds. The summed E-state index contributed by atoms with van der Waals surface area (Å²) in [5.41, 5.74) is 1.84. The summed E-state index contributed by atoms with van der Waals surface area (Å²) in [6.45, 7) is 2.64. The molecule has 0 aliphatic heterocycles. The van der Waals surface area contributed by atoms with Gasteiger partial charge in [0.25, 0.3) is 0 Å². The Hall–Kier alpha value is -1.33. The highest BCUT2D eigenvalue weighted by atomic mass is 32.1. The molecule has 0 bridgehead atoms. The van der Waals surface area contributed by atoms with Crippen molar-refractivity contribution in [2.45, 2.75) is 19.5 Å². The first-order valence-corrected chi connectivity index (χ1v) is 5.84. The van der Waals surface area contributed by atoms with E-state index in [0.717, 1.165) is 11.3 Å². The van der Waals surface area contributed by atoms with Gasteiger partial charge in [-0.15, -0.1) is 5.10 Å². The molecular weight excluding hydrogens is 225 g/mol. The van der Waals surface area contributed by atoms with Gasteiger partial charge in [0, 0.05) is 18.0 Å². The molecule has 1 N–H and O–H groups in total. The van der Waals surface area contributed by atoms with E-state index < -0.39 is 0 Å². The van der Waals surface area contributed by atoms with Crippen LogP contribution in [0.2, 0.25) is 0 Å². The Morgan fingerprint density at radius 1 is 1.50 bits per heavy atom. The lowest BCUT2D eigenvalue weighted by Crippen LogP contribution is -2.18. The molecule has 5 heteroatoms. The van der Waals surface area contributed by atoms with E-state index in [2.05, 4.69) is 14.9 Å². The SMILES string of the molecule is C[C@H](NCc1csnn1)c1cccc(F)c1. The maximum Gasteiger partial charge on any atom is 0.123 e. The predicted octanol–water partition coefficient (Wildman–Crippen LogP) is 2.53. The summed E-state index contributed by atoms with van der Waals surface area (Å²) in [5.74, 6) is -0.207. The van der Waals surface area contributed by atoms with Gasteiger partial charge in [-0.3, -0.25) is 0 Å². The van der Waals surface area contributed by atoms with Crippen LogP contribution in [0.25, 0.3) is 0 Å². The minimum absolute atomic E-state index is 0.0948. The van der Waals surface area contributed by atoms with Gasteiger partial charge >= 0.3 is 0 Å². The normalized spacial score (nSPS) is 12.6. The molecular formula is C11H12FN3S. The Balaban J connectivity index is 1.95. The van der Waals surface area contributed by atoms with Gasteiger partial charge in [-0.2, -0.15) is 0 Å². The van der Waals surface area contributed by atoms with Crippen molar-refractivity contribution in [3.05, 3.63) is 46.7 Å². The molecule has 0 spiro atoms. The molecule has 0 saturated heterocycles. The number of benzene rings is 1. The zero-order valence-corrected chi connectivity index (χ0v) is 9.67. The fourth-order valence-electron chi connectivity index (χ4n) is 1.41. The number of halogens is 1. The highest BCUT2D eigenvalue weighted by Gasteiger charge is 2.06. The molecule has 84 valence electrons. The van der Waals surface area contributed by atoms with Gasteiger partial charge in [-0.05, 0) is 36.2 Å². The molecule has 16 heavy (non-hydrogen) atoms. The van der Waals surface area contributed by atoms with Crippen molar-refractivity contribution in [2.24, 2.45) is 0 Å². The molecule has 1 aromatic heterocycles. The van der Waals surface area contributed by atoms with Crippen LogP contribution < -0.4 is 5.32 Å². The molecule has 2 aromatic rings. The second kappa shape index (κ2) is 5.14. The predicted molar refractivity (Wildman–Crippen MR) is 61.6 cm³/mol. The Bertz CT molecular complexity index is 444. The van der Waals surface area contributed by atoms with Crippen molar-refractivity contribution in [1.82, 2.24) is 14.9 Å². The summed E-state index contributed by atoms with van der Waals surface area (Å²) in [5, 5.41) is 9.09. The van der Waals surface area contributed by atoms with Crippen molar-refractivity contribution < 1.29 is 4.39 Å².